The van der Waals surface area contributed by atoms with Crippen molar-refractivity contribution in [2.45, 2.75) is 29.5 Å². The maximum atomic E-state index is 13.5. The number of imide groups is 1. The Morgan fingerprint density at radius 3 is 2.50 bits per heavy atom. The Morgan fingerprint density at radius 2 is 1.73 bits per heavy atom. The van der Waals surface area contributed by atoms with Gasteiger partial charge in [-0.05, 0) is 71.7 Å². The number of aliphatic carboxylic acids is 1. The minimum absolute atomic E-state index is 0.0363. The van der Waals surface area contributed by atoms with Crippen LogP contribution in [0.3, 0.4) is 0 Å². The van der Waals surface area contributed by atoms with Gasteiger partial charge in [-0.1, -0.05) is 47.7 Å². The van der Waals surface area contributed by atoms with Gasteiger partial charge >= 0.3 is 10.8 Å². The number of carbonyl (C=O) groups is 4. The van der Waals surface area contributed by atoms with Crippen molar-refractivity contribution in [3.63, 3.8) is 0 Å². The zero-order valence-corrected chi connectivity index (χ0v) is 27.3. The summed E-state index contributed by atoms with van der Waals surface area (Å²) >= 11 is 2.71. The molecule has 246 valence electrons. The molecule has 8 rings (SSSR count). The molecule has 4 aliphatic rings. The van der Waals surface area contributed by atoms with Gasteiger partial charge < -0.3 is 24.9 Å². The lowest BCUT2D eigenvalue weighted by atomic mass is 9.68. The maximum Gasteiger partial charge on any atom is 0.323 e. The molecule has 2 bridgehead atoms. The molecule has 3 aromatic carbocycles. The van der Waals surface area contributed by atoms with Gasteiger partial charge in [0, 0.05) is 21.7 Å². The molecule has 13 heteroatoms. The molecular weight excluding hydrogens is 655 g/mol. The number of thioether (sulfide) groups is 1. The van der Waals surface area contributed by atoms with Crippen LogP contribution in [0.1, 0.15) is 29.7 Å². The molecule has 3 N–H and O–H groups in total. The number of aromatic amines is 1. The molecule has 3 fully saturated rings. The second-order valence-corrected chi connectivity index (χ2v) is 14.9. The molecule has 3 amide bonds. The van der Waals surface area contributed by atoms with E-state index in [1.54, 1.807) is 17.8 Å². The van der Waals surface area contributed by atoms with E-state index in [1.807, 2.05) is 61.5 Å². The van der Waals surface area contributed by atoms with Crippen molar-refractivity contribution in [3.8, 4) is 11.5 Å². The Kier molecular flexibility index (Phi) is 7.55. The molecule has 7 atom stereocenters. The minimum atomic E-state index is -1.22. The molecule has 2 aliphatic heterocycles. The number of H-pyrrole nitrogens is 1. The first-order valence-corrected chi connectivity index (χ1v) is 17.6. The van der Waals surface area contributed by atoms with E-state index < -0.39 is 36.2 Å². The molecule has 1 aromatic heterocycles. The summed E-state index contributed by atoms with van der Waals surface area (Å²) in [6.45, 7) is 1.34. The molecule has 2 saturated carbocycles. The van der Waals surface area contributed by atoms with E-state index in [2.05, 4.69) is 10.3 Å². The van der Waals surface area contributed by atoms with Crippen molar-refractivity contribution in [1.82, 2.24) is 9.88 Å². The fourth-order valence-corrected chi connectivity index (χ4v) is 11.3. The van der Waals surface area contributed by atoms with Gasteiger partial charge in [0.2, 0.25) is 11.8 Å². The molecule has 2 aliphatic carbocycles. The highest BCUT2D eigenvalue weighted by Gasteiger charge is 2.69. The number of carbonyl (C=O) groups excluding carboxylic acids is 3. The van der Waals surface area contributed by atoms with Gasteiger partial charge in [-0.25, -0.2) is 0 Å². The summed E-state index contributed by atoms with van der Waals surface area (Å²) in [6, 6.07) is 19.1. The lowest BCUT2D eigenvalue weighted by molar-refractivity contribution is -0.149. The van der Waals surface area contributed by atoms with Crippen LogP contribution in [0.2, 0.25) is 0 Å². The number of anilines is 1. The predicted molar refractivity (Wildman–Crippen MR) is 179 cm³/mol. The first kappa shape index (κ1) is 30.7. The summed E-state index contributed by atoms with van der Waals surface area (Å²) in [6.07, 6.45) is 0.692. The van der Waals surface area contributed by atoms with E-state index in [4.69, 9.17) is 9.47 Å². The largest absolute Gasteiger partial charge is 0.490 e. The third kappa shape index (κ3) is 4.98. The normalized spacial score (nSPS) is 26.7. The van der Waals surface area contributed by atoms with E-state index in [0.717, 1.165) is 42.5 Å². The van der Waals surface area contributed by atoms with Crippen LogP contribution in [0.5, 0.6) is 11.5 Å². The smallest absolute Gasteiger partial charge is 0.323 e. The fourth-order valence-electron chi connectivity index (χ4n) is 8.46. The van der Waals surface area contributed by atoms with Crippen molar-refractivity contribution < 1.29 is 33.8 Å². The topological polar surface area (TPSA) is 155 Å². The highest BCUT2D eigenvalue weighted by Crippen LogP contribution is 2.68. The van der Waals surface area contributed by atoms with E-state index >= 15 is 0 Å². The average Bonchev–Trinajstić information content (AvgIpc) is 3.80. The van der Waals surface area contributed by atoms with Gasteiger partial charge in [-0.3, -0.25) is 28.9 Å². The van der Waals surface area contributed by atoms with Crippen LogP contribution >= 0.6 is 23.1 Å². The van der Waals surface area contributed by atoms with Gasteiger partial charge in [0.1, 0.15) is 6.54 Å². The molecular formula is C35H31N3O8S2. The zero-order valence-electron chi connectivity index (χ0n) is 25.7. The predicted octanol–water partition coefficient (Wildman–Crippen LogP) is 4.56. The van der Waals surface area contributed by atoms with Crippen molar-refractivity contribution >= 4 is 63.2 Å². The summed E-state index contributed by atoms with van der Waals surface area (Å²) in [7, 11) is 0. The SMILES string of the molecule is CCOc1cc([C@H]2c3sc(=O)[nH]c3SC3C4CC(C5C(=O)N(CC(=O)O)C(=O)C45)C32)ccc1OCC(=O)Nc1ccc2ccccc2c1. The Balaban J connectivity index is 1.07. The zero-order chi connectivity index (χ0) is 33.3. The van der Waals surface area contributed by atoms with Gasteiger partial charge in [0.15, 0.2) is 18.1 Å². The summed E-state index contributed by atoms with van der Waals surface area (Å²) < 4.78 is 12.0. The third-order valence-electron chi connectivity index (χ3n) is 10.1. The highest BCUT2D eigenvalue weighted by molar-refractivity contribution is 8.00. The quantitative estimate of drug-likeness (QED) is 0.215. The first-order chi connectivity index (χ1) is 23.2. The van der Waals surface area contributed by atoms with Crippen molar-refractivity contribution in [2.24, 2.45) is 29.6 Å². The molecule has 0 spiro atoms. The molecule has 0 radical (unpaired) electrons. The number of nitrogens with one attached hydrogen (secondary N) is 2. The molecule has 3 heterocycles. The fraction of sp³-hybridized carbons (Fsp3) is 0.343. The molecule has 11 nitrogen and oxygen atoms in total. The lowest BCUT2D eigenvalue weighted by Crippen LogP contribution is -2.42. The highest BCUT2D eigenvalue weighted by atomic mass is 32.2. The number of hydrogen-bond donors (Lipinski definition) is 3. The third-order valence-corrected chi connectivity index (χ3v) is 12.7. The number of fused-ring (bicyclic) bond motifs is 10. The van der Waals surface area contributed by atoms with Crippen LogP contribution in [0.25, 0.3) is 10.8 Å². The van der Waals surface area contributed by atoms with Crippen LogP contribution in [-0.2, 0) is 19.2 Å². The number of aromatic nitrogens is 1. The van der Waals surface area contributed by atoms with E-state index in [1.165, 1.54) is 0 Å². The standard InChI is InChI=1S/C35H31N3O8S2/c1-2-45-23-12-18(8-10-22(23)46-15-24(39)36-19-9-7-16-5-3-4-6-17(16)11-19)26-27-20-13-21(30(27)47-32-31(26)48-35(44)37-32)29-28(20)33(42)38(34(29)43)14-25(40)41/h3-12,20-21,26-30H,2,13-15H2,1H3,(H,36,39)(H,37,44)(H,40,41)/t20?,21?,26-,27?,28?,29?,30?/m1/s1. The van der Waals surface area contributed by atoms with Gasteiger partial charge in [0.25, 0.3) is 5.91 Å². The number of benzene rings is 3. The molecule has 48 heavy (non-hydrogen) atoms. The monoisotopic (exact) mass is 685 g/mol. The van der Waals surface area contributed by atoms with E-state index in [0.29, 0.717) is 30.2 Å². The Bertz CT molecular complexity index is 2060. The number of carboxylic acid groups (broad SMARTS) is 1. The number of carboxylic acids is 1. The second-order valence-electron chi connectivity index (χ2n) is 12.7. The van der Waals surface area contributed by atoms with Crippen molar-refractivity contribution in [2.75, 3.05) is 25.1 Å². The summed E-state index contributed by atoms with van der Waals surface area (Å²) in [5, 5.41) is 15.1. The van der Waals surface area contributed by atoms with Crippen LogP contribution in [0.4, 0.5) is 5.69 Å². The number of nitrogens with zero attached hydrogens (tertiary/aromatic N) is 1. The number of hydrogen-bond acceptors (Lipinski definition) is 9. The van der Waals surface area contributed by atoms with Gasteiger partial charge in [0.05, 0.1) is 23.5 Å². The van der Waals surface area contributed by atoms with Crippen LogP contribution in [-0.4, -0.2) is 63.7 Å². The second kappa shape index (κ2) is 11.8. The number of likely N-dealkylation sites (tertiary alicyclic amines) is 1. The van der Waals surface area contributed by atoms with E-state index in [-0.39, 0.29) is 46.3 Å². The Hall–Kier alpha value is -4.62. The van der Waals surface area contributed by atoms with Gasteiger partial charge in [-0.2, -0.15) is 0 Å². The van der Waals surface area contributed by atoms with Crippen molar-refractivity contribution in [3.05, 3.63) is 80.8 Å². The summed E-state index contributed by atoms with van der Waals surface area (Å²) in [5.41, 5.74) is 1.54. The summed E-state index contributed by atoms with van der Waals surface area (Å²) in [4.78, 5) is 68.4. The summed E-state index contributed by atoms with van der Waals surface area (Å²) in [5.74, 6) is -3.19. The van der Waals surface area contributed by atoms with Crippen molar-refractivity contribution in [1.29, 1.82) is 0 Å². The average molecular weight is 686 g/mol. The molecule has 6 unspecified atom stereocenters. The van der Waals surface area contributed by atoms with E-state index in [9.17, 15) is 29.1 Å². The Labute approximate surface area is 282 Å². The molecule has 1 saturated heterocycles. The number of amides is 3. The lowest BCUT2D eigenvalue weighted by Gasteiger charge is -2.43. The Morgan fingerprint density at radius 1 is 0.958 bits per heavy atom. The van der Waals surface area contributed by atoms with Crippen LogP contribution in [0, 0.1) is 29.6 Å². The molecule has 4 aromatic rings. The van der Waals surface area contributed by atoms with Gasteiger partial charge in [-0.15, -0.1) is 11.8 Å². The minimum Gasteiger partial charge on any atom is -0.490 e. The van der Waals surface area contributed by atoms with Crippen LogP contribution < -0.4 is 19.7 Å². The van der Waals surface area contributed by atoms with Crippen LogP contribution in [0.15, 0.2) is 70.5 Å². The number of thiazole rings is 1. The number of rotatable bonds is 9. The first-order valence-electron chi connectivity index (χ1n) is 15.9. The maximum absolute atomic E-state index is 13.5. The number of ether oxygens (including phenoxy) is 2.